The zero-order chi connectivity index (χ0) is 10.6. The van der Waals surface area contributed by atoms with Gasteiger partial charge in [-0.2, -0.15) is 5.26 Å². The molecular weight excluding hydrogens is 183 g/mol. The molecule has 1 atom stereocenters. The van der Waals surface area contributed by atoms with Gasteiger partial charge in [-0.1, -0.05) is 0 Å². The Bertz CT molecular complexity index is 344. The van der Waals surface area contributed by atoms with Gasteiger partial charge in [-0.25, -0.2) is 4.39 Å². The number of anilines is 1. The van der Waals surface area contributed by atoms with Crippen LogP contribution < -0.4 is 5.32 Å². The molecular formula is C10H11FN2O. The Labute approximate surface area is 81.8 Å². The molecule has 1 unspecified atom stereocenters. The number of hydrogen-bond donors (Lipinski definition) is 2. The summed E-state index contributed by atoms with van der Waals surface area (Å²) in [5, 5.41) is 20.5. The minimum atomic E-state index is -1.03. The van der Waals surface area contributed by atoms with Gasteiger partial charge in [0.05, 0.1) is 12.7 Å². The van der Waals surface area contributed by atoms with Gasteiger partial charge in [0.2, 0.25) is 0 Å². The summed E-state index contributed by atoms with van der Waals surface area (Å²) in [6.45, 7) is 1.26. The van der Waals surface area contributed by atoms with Crippen LogP contribution in [0.2, 0.25) is 0 Å². The summed E-state index contributed by atoms with van der Waals surface area (Å²) in [6, 6.07) is 7.54. The molecule has 2 N–H and O–H groups in total. The normalized spacial score (nSPS) is 14.1. The number of aliphatic hydroxyl groups is 1. The number of rotatable bonds is 3. The Kier molecular flexibility index (Phi) is 3.05. The van der Waals surface area contributed by atoms with Crippen LogP contribution in [-0.2, 0) is 0 Å². The number of nitrogens with zero attached hydrogens (tertiary/aromatic N) is 1. The van der Waals surface area contributed by atoms with Crippen LogP contribution >= 0.6 is 0 Å². The zero-order valence-electron chi connectivity index (χ0n) is 7.79. The maximum absolute atomic E-state index is 12.5. The Morgan fingerprint density at radius 1 is 1.50 bits per heavy atom. The largest absolute Gasteiger partial charge is 0.393 e. The Morgan fingerprint density at radius 2 is 2.07 bits per heavy atom. The lowest BCUT2D eigenvalue weighted by Crippen LogP contribution is -2.36. The molecule has 0 aliphatic heterocycles. The van der Waals surface area contributed by atoms with Crippen LogP contribution in [0.25, 0.3) is 0 Å². The van der Waals surface area contributed by atoms with Gasteiger partial charge >= 0.3 is 0 Å². The maximum atomic E-state index is 12.5. The summed E-state index contributed by atoms with van der Waals surface area (Å²) in [5.41, 5.74) is -0.429. The van der Waals surface area contributed by atoms with E-state index in [1.54, 1.807) is 6.92 Å². The first kappa shape index (κ1) is 10.5. The van der Waals surface area contributed by atoms with Crippen LogP contribution in [0.5, 0.6) is 0 Å². The van der Waals surface area contributed by atoms with Gasteiger partial charge in [-0.3, -0.25) is 0 Å². The van der Waals surface area contributed by atoms with E-state index < -0.39 is 5.54 Å². The van der Waals surface area contributed by atoms with Crippen LogP contribution in [0.1, 0.15) is 6.92 Å². The lowest BCUT2D eigenvalue weighted by molar-refractivity contribution is 0.253. The number of benzene rings is 1. The molecule has 0 aliphatic carbocycles. The zero-order valence-corrected chi connectivity index (χ0v) is 7.79. The van der Waals surface area contributed by atoms with E-state index in [2.05, 4.69) is 5.32 Å². The summed E-state index contributed by atoms with van der Waals surface area (Å²) in [5.74, 6) is -0.335. The number of hydrogen-bond acceptors (Lipinski definition) is 3. The monoisotopic (exact) mass is 194 g/mol. The van der Waals surface area contributed by atoms with Gasteiger partial charge in [0.1, 0.15) is 11.4 Å². The van der Waals surface area contributed by atoms with Gasteiger partial charge in [0, 0.05) is 5.69 Å². The van der Waals surface area contributed by atoms with Crippen molar-refractivity contribution in [1.82, 2.24) is 0 Å². The van der Waals surface area contributed by atoms with Gasteiger partial charge in [0.15, 0.2) is 0 Å². The second-order valence-electron chi connectivity index (χ2n) is 3.23. The molecule has 4 heteroatoms. The lowest BCUT2D eigenvalue weighted by atomic mass is 10.1. The molecule has 1 aromatic carbocycles. The predicted molar refractivity (Wildman–Crippen MR) is 51.1 cm³/mol. The van der Waals surface area contributed by atoms with Crippen molar-refractivity contribution in [3.63, 3.8) is 0 Å². The molecule has 0 radical (unpaired) electrons. The van der Waals surface area contributed by atoms with Crippen LogP contribution in [0.15, 0.2) is 24.3 Å². The van der Waals surface area contributed by atoms with E-state index in [0.717, 1.165) is 0 Å². The van der Waals surface area contributed by atoms with Crippen LogP contribution in [0.4, 0.5) is 10.1 Å². The fourth-order valence-corrected chi connectivity index (χ4v) is 0.955. The molecule has 0 fully saturated rings. The highest BCUT2D eigenvalue weighted by Crippen LogP contribution is 2.14. The molecule has 0 aromatic heterocycles. The van der Waals surface area contributed by atoms with E-state index in [4.69, 9.17) is 10.4 Å². The van der Waals surface area contributed by atoms with E-state index in [1.807, 2.05) is 6.07 Å². The molecule has 0 saturated heterocycles. The van der Waals surface area contributed by atoms with E-state index in [0.29, 0.717) is 5.69 Å². The number of nitrogens with one attached hydrogen (secondary N) is 1. The molecule has 0 saturated carbocycles. The minimum absolute atomic E-state index is 0.305. The fourth-order valence-electron chi connectivity index (χ4n) is 0.955. The van der Waals surface area contributed by atoms with E-state index in [-0.39, 0.29) is 12.4 Å². The third-order valence-electron chi connectivity index (χ3n) is 1.83. The summed E-state index contributed by atoms with van der Waals surface area (Å²) in [6.07, 6.45) is 0. The van der Waals surface area contributed by atoms with Crippen molar-refractivity contribution in [2.75, 3.05) is 11.9 Å². The Morgan fingerprint density at radius 3 is 2.50 bits per heavy atom. The van der Waals surface area contributed by atoms with Crippen molar-refractivity contribution in [2.24, 2.45) is 0 Å². The van der Waals surface area contributed by atoms with Gasteiger partial charge in [-0.05, 0) is 31.2 Å². The highest BCUT2D eigenvalue weighted by atomic mass is 19.1. The first-order chi connectivity index (χ1) is 6.59. The van der Waals surface area contributed by atoms with Crippen molar-refractivity contribution in [3.05, 3.63) is 30.1 Å². The van der Waals surface area contributed by atoms with Crippen LogP contribution in [-0.4, -0.2) is 17.3 Å². The SMILES string of the molecule is CC(C#N)(CO)Nc1ccc(F)cc1. The second kappa shape index (κ2) is 4.07. The Balaban J connectivity index is 2.79. The molecule has 1 aromatic rings. The van der Waals surface area contributed by atoms with Gasteiger partial charge in [-0.15, -0.1) is 0 Å². The lowest BCUT2D eigenvalue weighted by Gasteiger charge is -2.21. The third kappa shape index (κ3) is 2.44. The number of nitriles is 1. The second-order valence-corrected chi connectivity index (χ2v) is 3.23. The van der Waals surface area contributed by atoms with Crippen molar-refractivity contribution >= 4 is 5.69 Å². The highest BCUT2D eigenvalue weighted by molar-refractivity contribution is 5.47. The number of halogens is 1. The van der Waals surface area contributed by atoms with Crippen molar-refractivity contribution < 1.29 is 9.50 Å². The third-order valence-corrected chi connectivity index (χ3v) is 1.83. The first-order valence-electron chi connectivity index (χ1n) is 4.15. The van der Waals surface area contributed by atoms with Crippen LogP contribution in [0.3, 0.4) is 0 Å². The average molecular weight is 194 g/mol. The topological polar surface area (TPSA) is 56.0 Å². The van der Waals surface area contributed by atoms with Gasteiger partial charge in [0.25, 0.3) is 0 Å². The van der Waals surface area contributed by atoms with Crippen molar-refractivity contribution in [2.45, 2.75) is 12.5 Å². The van der Waals surface area contributed by atoms with Crippen molar-refractivity contribution in [3.8, 4) is 6.07 Å². The Hall–Kier alpha value is -1.60. The molecule has 3 nitrogen and oxygen atoms in total. The fraction of sp³-hybridized carbons (Fsp3) is 0.300. The predicted octanol–water partition coefficient (Wildman–Crippen LogP) is 1.51. The van der Waals surface area contributed by atoms with Crippen LogP contribution in [0, 0.1) is 17.1 Å². The summed E-state index contributed by atoms with van der Waals surface area (Å²) < 4.78 is 12.5. The van der Waals surface area contributed by atoms with Crippen molar-refractivity contribution in [1.29, 1.82) is 5.26 Å². The molecule has 0 amide bonds. The number of aliphatic hydroxyl groups excluding tert-OH is 1. The van der Waals surface area contributed by atoms with E-state index >= 15 is 0 Å². The molecule has 0 spiro atoms. The first-order valence-corrected chi connectivity index (χ1v) is 4.15. The molecule has 74 valence electrons. The molecule has 14 heavy (non-hydrogen) atoms. The summed E-state index contributed by atoms with van der Waals surface area (Å²) in [7, 11) is 0. The molecule has 0 bridgehead atoms. The average Bonchev–Trinajstić information content (AvgIpc) is 2.21. The molecule has 0 aliphatic rings. The standard InChI is InChI=1S/C10H11FN2O/c1-10(6-12,7-14)13-9-4-2-8(11)3-5-9/h2-5,13-14H,7H2,1H3. The highest BCUT2D eigenvalue weighted by Gasteiger charge is 2.21. The molecule has 1 rings (SSSR count). The van der Waals surface area contributed by atoms with E-state index in [9.17, 15) is 4.39 Å². The minimum Gasteiger partial charge on any atom is -0.393 e. The maximum Gasteiger partial charge on any atom is 0.145 e. The van der Waals surface area contributed by atoms with E-state index in [1.165, 1.54) is 24.3 Å². The summed E-state index contributed by atoms with van der Waals surface area (Å²) in [4.78, 5) is 0. The summed E-state index contributed by atoms with van der Waals surface area (Å²) >= 11 is 0. The quantitative estimate of drug-likeness (QED) is 0.766. The van der Waals surface area contributed by atoms with Gasteiger partial charge < -0.3 is 10.4 Å². The smallest absolute Gasteiger partial charge is 0.145 e. The molecule has 0 heterocycles.